The molecular formula is C42H35N11O3S2. The number of carbonyl (C=O) groups excluding carboxylic acids is 1. The molecule has 16 heteroatoms. The van der Waals surface area contributed by atoms with Crippen LogP contribution in [0.5, 0.6) is 11.5 Å². The number of amides is 1. The molecule has 0 saturated carbocycles. The van der Waals surface area contributed by atoms with Gasteiger partial charge in [0.1, 0.15) is 47.2 Å². The molecule has 0 aliphatic rings. The molecule has 0 fully saturated rings. The van der Waals surface area contributed by atoms with Crippen LogP contribution in [0.1, 0.15) is 10.4 Å². The Bertz CT molecular complexity index is 2940. The average molecular weight is 806 g/mol. The second kappa shape index (κ2) is 15.1. The van der Waals surface area contributed by atoms with Gasteiger partial charge >= 0.3 is 0 Å². The summed E-state index contributed by atoms with van der Waals surface area (Å²) in [7, 11) is 8.66. The zero-order chi connectivity index (χ0) is 39.9. The molecule has 0 radical (unpaired) electrons. The highest BCUT2D eigenvalue weighted by Gasteiger charge is 2.27. The minimum Gasteiger partial charge on any atom is -0.495 e. The third-order valence-electron chi connectivity index (χ3n) is 9.86. The monoisotopic (exact) mass is 805 g/mol. The lowest BCUT2D eigenvalue weighted by Gasteiger charge is -2.25. The SMILES string of the molecule is COc1ccc(C(=O)N(C)C)cc1Nc1ncnc2[nH]nc(-c3cscc3-c3cc(-c4ccccc4)cc(N(C)c4ncnc5[nH]nc(-c6ccsc6)c45)c3OC)c12. The summed E-state index contributed by atoms with van der Waals surface area (Å²) in [5.41, 5.74) is 9.96. The molecule has 9 aromatic rings. The summed E-state index contributed by atoms with van der Waals surface area (Å²) in [5, 5.41) is 28.8. The second-order valence-electron chi connectivity index (χ2n) is 13.5. The van der Waals surface area contributed by atoms with Crippen molar-refractivity contribution in [3.8, 4) is 56.3 Å². The molecule has 0 bridgehead atoms. The topological polar surface area (TPSA) is 163 Å². The van der Waals surface area contributed by atoms with E-state index in [0.717, 1.165) is 50.1 Å². The van der Waals surface area contributed by atoms with Crippen molar-refractivity contribution >= 4 is 73.7 Å². The van der Waals surface area contributed by atoms with Gasteiger partial charge in [-0.05, 0) is 58.3 Å². The van der Waals surface area contributed by atoms with Gasteiger partial charge in [0.2, 0.25) is 0 Å². The largest absolute Gasteiger partial charge is 0.495 e. The molecule has 0 aliphatic heterocycles. The molecule has 3 aromatic carbocycles. The summed E-state index contributed by atoms with van der Waals surface area (Å²) in [6, 6.07) is 21.8. The number of anilines is 4. The van der Waals surface area contributed by atoms with Crippen molar-refractivity contribution in [3.05, 3.63) is 106 Å². The normalized spacial score (nSPS) is 11.3. The van der Waals surface area contributed by atoms with Crippen molar-refractivity contribution in [1.29, 1.82) is 0 Å². The molecule has 58 heavy (non-hydrogen) atoms. The predicted octanol–water partition coefficient (Wildman–Crippen LogP) is 9.04. The number of aromatic amines is 2. The molecule has 9 rings (SSSR count). The van der Waals surface area contributed by atoms with Gasteiger partial charge in [-0.2, -0.15) is 32.9 Å². The highest BCUT2D eigenvalue weighted by atomic mass is 32.1. The van der Waals surface area contributed by atoms with Crippen molar-refractivity contribution in [2.45, 2.75) is 0 Å². The summed E-state index contributed by atoms with van der Waals surface area (Å²) in [6.07, 6.45) is 3.00. The number of rotatable bonds is 11. The molecule has 3 N–H and O–H groups in total. The number of H-pyrrole nitrogens is 2. The van der Waals surface area contributed by atoms with Crippen LogP contribution >= 0.6 is 22.7 Å². The lowest BCUT2D eigenvalue weighted by atomic mass is 9.94. The molecule has 0 saturated heterocycles. The number of carbonyl (C=O) groups is 1. The number of benzene rings is 3. The third-order valence-corrected chi connectivity index (χ3v) is 11.3. The molecule has 0 aliphatic carbocycles. The van der Waals surface area contributed by atoms with Crippen molar-refractivity contribution in [3.63, 3.8) is 0 Å². The zero-order valence-corrected chi connectivity index (χ0v) is 33.6. The fourth-order valence-corrected chi connectivity index (χ4v) is 8.53. The first-order valence-electron chi connectivity index (χ1n) is 18.0. The van der Waals surface area contributed by atoms with Gasteiger partial charge in [-0.1, -0.05) is 30.3 Å². The Morgan fingerprint density at radius 1 is 0.707 bits per heavy atom. The first kappa shape index (κ1) is 36.5. The number of ether oxygens (including phenoxy) is 2. The number of aromatic nitrogens is 8. The maximum absolute atomic E-state index is 12.9. The van der Waals surface area contributed by atoms with E-state index in [0.29, 0.717) is 56.8 Å². The van der Waals surface area contributed by atoms with Gasteiger partial charge in [0.25, 0.3) is 5.91 Å². The van der Waals surface area contributed by atoms with Gasteiger partial charge in [-0.25, -0.2) is 19.9 Å². The molecule has 288 valence electrons. The van der Waals surface area contributed by atoms with Crippen LogP contribution in [0.15, 0.2) is 101 Å². The minimum atomic E-state index is -0.140. The van der Waals surface area contributed by atoms with Crippen LogP contribution in [0, 0.1) is 0 Å². The number of thiophene rings is 2. The standard InChI is InChI=1S/C42H35N11O3S2/c1-52(2)42(54)24-11-12-32(55-4)30(16-24)47-38-33-36(49-50-39(33)44-21-43-38)29-20-58-19-28(29)27-15-26(23-9-7-6-8-10-23)17-31(37(27)56-5)53(3)41-34-35(25-13-14-57-18-25)48-51-40(34)45-22-46-41/h6-22H,1-5H3,(H,45,46,48,51)(H2,43,44,47,49,50). The number of hydrogen-bond donors (Lipinski definition) is 3. The van der Waals surface area contributed by atoms with Gasteiger partial charge in [-0.3, -0.25) is 15.0 Å². The van der Waals surface area contributed by atoms with E-state index < -0.39 is 0 Å². The van der Waals surface area contributed by atoms with Crippen LogP contribution in [0.4, 0.5) is 23.0 Å². The van der Waals surface area contributed by atoms with Crippen LogP contribution < -0.4 is 19.7 Å². The maximum atomic E-state index is 12.9. The van der Waals surface area contributed by atoms with Gasteiger partial charge in [0.15, 0.2) is 11.3 Å². The summed E-state index contributed by atoms with van der Waals surface area (Å²) in [4.78, 5) is 35.0. The molecule has 0 spiro atoms. The third kappa shape index (κ3) is 6.33. The molecule has 6 heterocycles. The lowest BCUT2D eigenvalue weighted by Crippen LogP contribution is -2.21. The van der Waals surface area contributed by atoms with Crippen molar-refractivity contribution in [2.24, 2.45) is 0 Å². The number of fused-ring (bicyclic) bond motifs is 2. The summed E-state index contributed by atoms with van der Waals surface area (Å²) >= 11 is 3.15. The summed E-state index contributed by atoms with van der Waals surface area (Å²) in [6.45, 7) is 0. The van der Waals surface area contributed by atoms with E-state index in [-0.39, 0.29) is 5.91 Å². The smallest absolute Gasteiger partial charge is 0.253 e. The minimum absolute atomic E-state index is 0.140. The van der Waals surface area contributed by atoms with Crippen LogP contribution in [0.2, 0.25) is 0 Å². The fourth-order valence-electron chi connectivity index (χ4n) is 7.06. The Kier molecular flexibility index (Phi) is 9.47. The Labute approximate surface area is 340 Å². The van der Waals surface area contributed by atoms with Gasteiger partial charge < -0.3 is 24.6 Å². The number of nitrogens with zero attached hydrogens (tertiary/aromatic N) is 8. The Balaban J connectivity index is 1.21. The van der Waals surface area contributed by atoms with E-state index >= 15 is 0 Å². The highest BCUT2D eigenvalue weighted by molar-refractivity contribution is 7.09. The van der Waals surface area contributed by atoms with Crippen LogP contribution in [-0.4, -0.2) is 86.5 Å². The Hall–Kier alpha value is -7.17. The van der Waals surface area contributed by atoms with E-state index in [1.54, 1.807) is 69.2 Å². The molecular weight excluding hydrogens is 771 g/mol. The zero-order valence-electron chi connectivity index (χ0n) is 31.9. The summed E-state index contributed by atoms with van der Waals surface area (Å²) in [5.74, 6) is 2.19. The van der Waals surface area contributed by atoms with Crippen molar-refractivity contribution < 1.29 is 14.3 Å². The predicted molar refractivity (Wildman–Crippen MR) is 230 cm³/mol. The van der Waals surface area contributed by atoms with Crippen LogP contribution in [0.25, 0.3) is 66.8 Å². The fraction of sp³-hybridized carbons (Fsp3) is 0.119. The van der Waals surface area contributed by atoms with Crippen molar-refractivity contribution in [1.82, 2.24) is 45.2 Å². The van der Waals surface area contributed by atoms with Crippen LogP contribution in [-0.2, 0) is 0 Å². The van der Waals surface area contributed by atoms with E-state index in [4.69, 9.17) is 19.6 Å². The van der Waals surface area contributed by atoms with E-state index in [2.05, 4.69) is 76.0 Å². The number of hydrogen-bond acceptors (Lipinski definition) is 13. The van der Waals surface area contributed by atoms with Gasteiger partial charge in [-0.15, -0.1) is 0 Å². The van der Waals surface area contributed by atoms with E-state index in [1.807, 2.05) is 41.6 Å². The Morgan fingerprint density at radius 2 is 1.47 bits per heavy atom. The molecule has 1 amide bonds. The maximum Gasteiger partial charge on any atom is 0.253 e. The highest BCUT2D eigenvalue weighted by Crippen LogP contribution is 2.49. The molecule has 0 unspecified atom stereocenters. The number of nitrogens with one attached hydrogen (secondary N) is 3. The quantitative estimate of drug-likeness (QED) is 0.114. The van der Waals surface area contributed by atoms with E-state index in [1.165, 1.54) is 17.6 Å². The first-order valence-corrected chi connectivity index (χ1v) is 19.9. The van der Waals surface area contributed by atoms with E-state index in [9.17, 15) is 4.79 Å². The molecule has 0 atom stereocenters. The van der Waals surface area contributed by atoms with Crippen molar-refractivity contribution in [2.75, 3.05) is 45.6 Å². The van der Waals surface area contributed by atoms with Gasteiger partial charge in [0.05, 0.1) is 36.4 Å². The lowest BCUT2D eigenvalue weighted by molar-refractivity contribution is 0.0827. The molecule has 14 nitrogen and oxygen atoms in total. The first-order chi connectivity index (χ1) is 28.3. The Morgan fingerprint density at radius 3 is 2.21 bits per heavy atom. The summed E-state index contributed by atoms with van der Waals surface area (Å²) < 4.78 is 12.0. The molecule has 6 aromatic heterocycles. The van der Waals surface area contributed by atoms with Gasteiger partial charge in [0, 0.05) is 59.7 Å². The van der Waals surface area contributed by atoms with Crippen LogP contribution in [0.3, 0.4) is 0 Å². The number of methoxy groups -OCH3 is 2. The second-order valence-corrected chi connectivity index (χ2v) is 15.0. The average Bonchev–Trinajstić information content (AvgIpc) is 4.10.